The fraction of sp³-hybridized carbons (Fsp3) is 0.222. The molecule has 2 aliphatic rings. The third-order valence-electron chi connectivity index (χ3n) is 8.64. The molecule has 3 atom stereocenters. The van der Waals surface area contributed by atoms with E-state index in [1.165, 1.54) is 21.2 Å². The van der Waals surface area contributed by atoms with Crippen molar-refractivity contribution in [3.8, 4) is 0 Å². The molecule has 0 spiro atoms. The zero-order valence-electron chi connectivity index (χ0n) is 25.3. The summed E-state index contributed by atoms with van der Waals surface area (Å²) in [5, 5.41) is 5.13. The van der Waals surface area contributed by atoms with E-state index < -0.39 is 17.1 Å². The Kier molecular flexibility index (Phi) is 7.66. The molecule has 0 saturated carbocycles. The van der Waals surface area contributed by atoms with Gasteiger partial charge >= 0.3 is 4.87 Å². The lowest BCUT2D eigenvalue weighted by atomic mass is 9.81. The molecule has 3 amide bonds. The zero-order chi connectivity index (χ0) is 32.3. The first-order valence-electron chi connectivity index (χ1n) is 14.9. The average Bonchev–Trinajstić information content (AvgIpc) is 3.47. The maximum absolute atomic E-state index is 14.1. The summed E-state index contributed by atoms with van der Waals surface area (Å²) in [5.41, 5.74) is 3.00. The Morgan fingerprint density at radius 2 is 1.57 bits per heavy atom. The van der Waals surface area contributed by atoms with E-state index in [9.17, 15) is 19.2 Å². The van der Waals surface area contributed by atoms with Crippen LogP contribution >= 0.6 is 34.7 Å². The summed E-state index contributed by atoms with van der Waals surface area (Å²) in [6, 6.07) is 28.1. The molecule has 46 heavy (non-hydrogen) atoms. The standard InChI is InChI=1S/C36H30ClN3O4S2/c1-36(2,3)22-13-11-21(12-14-22)28-29-30(33(43)40(32(29)42)24-17-15-23(37)16-18-24)45-34-31(28)46-35(44)39(34)19-27(41)38-26-10-6-8-20-7-4-5-9-25(20)26/h4-18,28-30H,19H2,1-3H3,(H,38,41)/t28-,29?,30?/m1/s1. The first-order valence-corrected chi connectivity index (χ1v) is 17.0. The minimum Gasteiger partial charge on any atom is -0.324 e. The Labute approximate surface area is 279 Å². The van der Waals surface area contributed by atoms with Crippen LogP contribution in [0.4, 0.5) is 11.4 Å². The van der Waals surface area contributed by atoms with Gasteiger partial charge in [0.05, 0.1) is 16.6 Å². The van der Waals surface area contributed by atoms with Gasteiger partial charge in [-0.05, 0) is 52.3 Å². The first kappa shape index (κ1) is 30.5. The zero-order valence-corrected chi connectivity index (χ0v) is 27.7. The highest BCUT2D eigenvalue weighted by molar-refractivity contribution is 8.00. The van der Waals surface area contributed by atoms with Crippen LogP contribution in [0.25, 0.3) is 10.8 Å². The third-order valence-corrected chi connectivity index (χ3v) is 11.5. The summed E-state index contributed by atoms with van der Waals surface area (Å²) in [7, 11) is 0. The number of hydrogen-bond acceptors (Lipinski definition) is 6. The number of fused-ring (bicyclic) bond motifs is 3. The topological polar surface area (TPSA) is 88.5 Å². The summed E-state index contributed by atoms with van der Waals surface area (Å²) < 4.78 is 1.45. The molecule has 1 aromatic heterocycles. The Bertz CT molecular complexity index is 2070. The van der Waals surface area contributed by atoms with Gasteiger partial charge in [0.15, 0.2) is 0 Å². The number of imide groups is 1. The number of rotatable bonds is 5. The van der Waals surface area contributed by atoms with E-state index in [4.69, 9.17) is 11.6 Å². The largest absolute Gasteiger partial charge is 0.324 e. The highest BCUT2D eigenvalue weighted by Gasteiger charge is 2.56. The number of nitrogens with zero attached hydrogens (tertiary/aromatic N) is 2. The summed E-state index contributed by atoms with van der Waals surface area (Å²) in [4.78, 5) is 56.8. The number of anilines is 2. The maximum atomic E-state index is 14.1. The van der Waals surface area contributed by atoms with Crippen molar-refractivity contribution >= 4 is 74.6 Å². The van der Waals surface area contributed by atoms with Crippen molar-refractivity contribution in [1.29, 1.82) is 0 Å². The number of thioether (sulfide) groups is 1. The Balaban J connectivity index is 1.29. The van der Waals surface area contributed by atoms with Crippen LogP contribution in [0.3, 0.4) is 0 Å². The Morgan fingerprint density at radius 3 is 2.28 bits per heavy atom. The van der Waals surface area contributed by atoms with Crippen molar-refractivity contribution < 1.29 is 14.4 Å². The predicted octanol–water partition coefficient (Wildman–Crippen LogP) is 7.45. The summed E-state index contributed by atoms with van der Waals surface area (Å²) in [6.45, 7) is 6.17. The van der Waals surface area contributed by atoms with E-state index in [-0.39, 0.29) is 34.6 Å². The molecule has 0 radical (unpaired) electrons. The molecule has 5 aromatic rings. The van der Waals surface area contributed by atoms with Crippen LogP contribution in [-0.2, 0) is 26.3 Å². The van der Waals surface area contributed by atoms with E-state index in [2.05, 4.69) is 26.1 Å². The third kappa shape index (κ3) is 5.26. The van der Waals surface area contributed by atoms with E-state index in [1.54, 1.807) is 24.3 Å². The number of hydrogen-bond donors (Lipinski definition) is 1. The molecule has 2 aliphatic heterocycles. The van der Waals surface area contributed by atoms with Gasteiger partial charge in [0.25, 0.3) is 0 Å². The van der Waals surface area contributed by atoms with Crippen molar-refractivity contribution in [2.24, 2.45) is 5.92 Å². The average molecular weight is 668 g/mol. The SMILES string of the molecule is CC(C)(C)c1ccc([C@H]2c3sc(=O)n(CC(=O)Nc4cccc5ccccc45)c3SC3C(=O)N(c4ccc(Cl)cc4)C(=O)C32)cc1. The number of carbonyl (C=O) groups excluding carboxylic acids is 3. The number of carbonyl (C=O) groups is 3. The van der Waals surface area contributed by atoms with Gasteiger partial charge in [-0.25, -0.2) is 4.90 Å². The molecule has 0 bridgehead atoms. The van der Waals surface area contributed by atoms with Gasteiger partial charge in [-0.1, -0.05) is 116 Å². The number of thiazole rings is 1. The molecule has 0 aliphatic carbocycles. The van der Waals surface area contributed by atoms with E-state index in [1.807, 2.05) is 66.7 Å². The summed E-state index contributed by atoms with van der Waals surface area (Å²) >= 11 is 8.34. The molecule has 4 aromatic carbocycles. The van der Waals surface area contributed by atoms with Gasteiger partial charge < -0.3 is 5.32 Å². The molecular formula is C36H30ClN3O4S2. The number of aromatic nitrogens is 1. The lowest BCUT2D eigenvalue weighted by Crippen LogP contribution is -2.33. The van der Waals surface area contributed by atoms with Crippen molar-refractivity contribution in [2.75, 3.05) is 10.2 Å². The van der Waals surface area contributed by atoms with Crippen molar-refractivity contribution in [2.45, 2.75) is 48.9 Å². The highest BCUT2D eigenvalue weighted by Crippen LogP contribution is 2.54. The van der Waals surface area contributed by atoms with Gasteiger partial charge in [-0.15, -0.1) is 0 Å². The van der Waals surface area contributed by atoms with Crippen LogP contribution in [-0.4, -0.2) is 27.5 Å². The van der Waals surface area contributed by atoms with E-state index >= 15 is 0 Å². The van der Waals surface area contributed by atoms with Gasteiger partial charge in [0, 0.05) is 26.9 Å². The normalized spacial score (nSPS) is 19.3. The maximum Gasteiger partial charge on any atom is 0.308 e. The molecule has 2 unspecified atom stereocenters. The van der Waals surface area contributed by atoms with Gasteiger partial charge in [-0.3, -0.25) is 23.7 Å². The molecule has 1 fully saturated rings. The van der Waals surface area contributed by atoms with E-state index in [0.29, 0.717) is 26.3 Å². The number of halogens is 1. The summed E-state index contributed by atoms with van der Waals surface area (Å²) in [5.74, 6) is -2.29. The minimum absolute atomic E-state index is 0.0786. The molecule has 3 heterocycles. The molecule has 7 nitrogen and oxygen atoms in total. The smallest absolute Gasteiger partial charge is 0.308 e. The molecule has 232 valence electrons. The highest BCUT2D eigenvalue weighted by atomic mass is 35.5. The van der Waals surface area contributed by atoms with Gasteiger partial charge in [-0.2, -0.15) is 0 Å². The first-order chi connectivity index (χ1) is 22.0. The van der Waals surface area contributed by atoms with Crippen molar-refractivity contribution in [1.82, 2.24) is 4.57 Å². The molecule has 1 N–H and O–H groups in total. The van der Waals surface area contributed by atoms with Gasteiger partial charge in [0.1, 0.15) is 11.8 Å². The predicted molar refractivity (Wildman–Crippen MR) is 185 cm³/mol. The van der Waals surface area contributed by atoms with Crippen LogP contribution in [0.5, 0.6) is 0 Å². The molecule has 10 heteroatoms. The lowest BCUT2D eigenvalue weighted by Gasteiger charge is -2.31. The minimum atomic E-state index is -0.774. The van der Waals surface area contributed by atoms with Crippen LogP contribution in [0, 0.1) is 5.92 Å². The molecule has 1 saturated heterocycles. The second-order valence-electron chi connectivity index (χ2n) is 12.6. The fourth-order valence-electron chi connectivity index (χ4n) is 6.32. The summed E-state index contributed by atoms with van der Waals surface area (Å²) in [6.07, 6.45) is 0. The van der Waals surface area contributed by atoms with Crippen LogP contribution in [0.15, 0.2) is 101 Å². The Hall–Kier alpha value is -4.18. The quantitative estimate of drug-likeness (QED) is 0.197. The number of amides is 3. The lowest BCUT2D eigenvalue weighted by molar-refractivity contribution is -0.122. The number of nitrogens with one attached hydrogen (secondary N) is 1. The van der Waals surface area contributed by atoms with Crippen molar-refractivity contribution in [3.05, 3.63) is 122 Å². The monoisotopic (exact) mass is 667 g/mol. The molecular weight excluding hydrogens is 638 g/mol. The van der Waals surface area contributed by atoms with Crippen LogP contribution in [0.2, 0.25) is 5.02 Å². The second kappa shape index (κ2) is 11.6. The fourth-order valence-corrected chi connectivity index (χ4v) is 9.22. The van der Waals surface area contributed by atoms with Crippen LogP contribution < -0.4 is 15.1 Å². The van der Waals surface area contributed by atoms with Gasteiger partial charge in [0.2, 0.25) is 17.7 Å². The second-order valence-corrected chi connectivity index (χ2v) is 15.2. The van der Waals surface area contributed by atoms with Crippen LogP contribution in [0.1, 0.15) is 42.7 Å². The Morgan fingerprint density at radius 1 is 0.870 bits per heavy atom. The number of benzene rings is 4. The molecule has 7 rings (SSSR count). The van der Waals surface area contributed by atoms with E-state index in [0.717, 1.165) is 33.2 Å². The van der Waals surface area contributed by atoms with Crippen molar-refractivity contribution in [3.63, 3.8) is 0 Å².